The number of para-hydroxylation sites is 1. The number of rotatable bonds is 5. The van der Waals surface area contributed by atoms with E-state index in [1.165, 1.54) is 18.2 Å². The number of benzene rings is 2. The summed E-state index contributed by atoms with van der Waals surface area (Å²) in [6.07, 6.45) is 0.789. The van der Waals surface area contributed by atoms with Crippen molar-refractivity contribution in [2.24, 2.45) is 0 Å². The van der Waals surface area contributed by atoms with Crippen molar-refractivity contribution in [3.05, 3.63) is 69.9 Å². The maximum atomic E-state index is 14.0. The lowest BCUT2D eigenvalue weighted by Crippen LogP contribution is -2.38. The van der Waals surface area contributed by atoms with Crippen molar-refractivity contribution in [2.75, 3.05) is 18.4 Å². The van der Waals surface area contributed by atoms with Gasteiger partial charge in [-0.15, -0.1) is 10.2 Å². The van der Waals surface area contributed by atoms with Crippen molar-refractivity contribution in [2.45, 2.75) is 23.7 Å². The van der Waals surface area contributed by atoms with Gasteiger partial charge in [0.05, 0.1) is 5.69 Å². The molecular weight excluding hydrogens is 465 g/mol. The molecule has 1 aliphatic rings. The van der Waals surface area contributed by atoms with Gasteiger partial charge >= 0.3 is 0 Å². The van der Waals surface area contributed by atoms with Crippen molar-refractivity contribution in [1.82, 2.24) is 14.5 Å². The quantitative estimate of drug-likeness (QED) is 0.598. The number of hydrogen-bond acceptors (Lipinski definition) is 6. The second-order valence-electron chi connectivity index (χ2n) is 7.13. The minimum absolute atomic E-state index is 0.0285. The first kappa shape index (κ1) is 22.4. The molecule has 0 spiro atoms. The predicted molar refractivity (Wildman–Crippen MR) is 111 cm³/mol. The molecule has 0 unspecified atom stereocenters. The van der Waals surface area contributed by atoms with Gasteiger partial charge in [0.15, 0.2) is 0 Å². The molecule has 1 amide bonds. The number of anilines is 1. The van der Waals surface area contributed by atoms with Gasteiger partial charge < -0.3 is 5.32 Å². The zero-order chi connectivity index (χ0) is 22.9. The molecule has 32 heavy (non-hydrogen) atoms. The summed E-state index contributed by atoms with van der Waals surface area (Å²) in [5, 5.41) is 11.0. The Morgan fingerprint density at radius 2 is 1.75 bits per heavy atom. The van der Waals surface area contributed by atoms with E-state index in [-0.39, 0.29) is 29.7 Å². The van der Waals surface area contributed by atoms with Crippen molar-refractivity contribution in [3.8, 4) is 0 Å². The van der Waals surface area contributed by atoms with Crippen molar-refractivity contribution >= 4 is 33.0 Å². The highest BCUT2D eigenvalue weighted by molar-refractivity contribution is 7.89. The van der Waals surface area contributed by atoms with Gasteiger partial charge in [0.1, 0.15) is 27.4 Å². The largest absolute Gasteiger partial charge is 0.317 e. The minimum Gasteiger partial charge on any atom is -0.317 e. The summed E-state index contributed by atoms with van der Waals surface area (Å²) in [5.41, 5.74) is 0.0285. The number of piperidine rings is 1. The third-order valence-corrected chi connectivity index (χ3v) is 8.09. The lowest BCUT2D eigenvalue weighted by molar-refractivity contribution is 0.102. The number of halogens is 3. The lowest BCUT2D eigenvalue weighted by Gasteiger charge is -2.30. The molecule has 3 aromatic rings. The van der Waals surface area contributed by atoms with Gasteiger partial charge in [0.2, 0.25) is 15.0 Å². The molecule has 0 atom stereocenters. The van der Waals surface area contributed by atoms with Crippen LogP contribution in [0.1, 0.15) is 33.6 Å². The molecule has 1 aliphatic heterocycles. The molecular formula is C20H17F3N4O3S2. The SMILES string of the molecule is O=C(Nc1ccccc1F)c1nnc(C2CCN(S(=O)(=O)c3ccc(F)cc3F)CC2)s1. The lowest BCUT2D eigenvalue weighted by atomic mass is 9.99. The number of nitrogens with zero attached hydrogens (tertiary/aromatic N) is 3. The van der Waals surface area contributed by atoms with E-state index in [2.05, 4.69) is 15.5 Å². The van der Waals surface area contributed by atoms with E-state index in [1.54, 1.807) is 6.07 Å². The molecule has 168 valence electrons. The van der Waals surface area contributed by atoms with Crippen LogP contribution in [0.25, 0.3) is 0 Å². The number of sulfonamides is 1. The normalized spacial score (nSPS) is 15.6. The molecule has 7 nitrogen and oxygen atoms in total. The van der Waals surface area contributed by atoms with Crippen LogP contribution in [0.5, 0.6) is 0 Å². The number of aromatic nitrogens is 2. The van der Waals surface area contributed by atoms with E-state index in [0.717, 1.165) is 27.8 Å². The molecule has 0 bridgehead atoms. The van der Waals surface area contributed by atoms with Gasteiger partial charge in [-0.2, -0.15) is 4.31 Å². The van der Waals surface area contributed by atoms with E-state index in [4.69, 9.17) is 0 Å². The topological polar surface area (TPSA) is 92.3 Å². The number of nitrogens with one attached hydrogen (secondary N) is 1. The van der Waals surface area contributed by atoms with Crippen LogP contribution in [0.15, 0.2) is 47.4 Å². The fraction of sp³-hybridized carbons (Fsp3) is 0.250. The van der Waals surface area contributed by atoms with Crippen LogP contribution in [0.4, 0.5) is 18.9 Å². The fourth-order valence-electron chi connectivity index (χ4n) is 3.40. The van der Waals surface area contributed by atoms with Crippen molar-refractivity contribution in [3.63, 3.8) is 0 Å². The molecule has 1 fully saturated rings. The molecule has 0 saturated carbocycles. The molecule has 4 rings (SSSR count). The maximum Gasteiger partial charge on any atom is 0.286 e. The fourth-order valence-corrected chi connectivity index (χ4v) is 5.82. The zero-order valence-corrected chi connectivity index (χ0v) is 18.1. The average Bonchev–Trinajstić information content (AvgIpc) is 3.26. The molecule has 2 heterocycles. The van der Waals surface area contributed by atoms with E-state index >= 15 is 0 Å². The van der Waals surface area contributed by atoms with E-state index in [9.17, 15) is 26.4 Å². The van der Waals surface area contributed by atoms with E-state index < -0.39 is 38.3 Å². The molecule has 2 aromatic carbocycles. The van der Waals surface area contributed by atoms with E-state index in [0.29, 0.717) is 23.9 Å². The Morgan fingerprint density at radius 1 is 1.03 bits per heavy atom. The van der Waals surface area contributed by atoms with Crippen LogP contribution in [-0.2, 0) is 10.0 Å². The van der Waals surface area contributed by atoms with Crippen molar-refractivity contribution in [1.29, 1.82) is 0 Å². The van der Waals surface area contributed by atoms with Crippen LogP contribution >= 0.6 is 11.3 Å². The molecule has 1 N–H and O–H groups in total. The number of amides is 1. The highest BCUT2D eigenvalue weighted by Crippen LogP contribution is 2.33. The molecule has 1 saturated heterocycles. The highest BCUT2D eigenvalue weighted by atomic mass is 32.2. The Labute approximate surface area is 186 Å². The van der Waals surface area contributed by atoms with Crippen LogP contribution in [0, 0.1) is 17.5 Å². The maximum absolute atomic E-state index is 14.0. The van der Waals surface area contributed by atoms with Crippen LogP contribution in [0.3, 0.4) is 0 Å². The van der Waals surface area contributed by atoms with Crippen molar-refractivity contribution < 1.29 is 26.4 Å². The summed E-state index contributed by atoms with van der Waals surface area (Å²) in [7, 11) is -4.10. The minimum atomic E-state index is -4.10. The number of carbonyl (C=O) groups is 1. The Kier molecular flexibility index (Phi) is 6.26. The molecule has 0 aliphatic carbocycles. The number of carbonyl (C=O) groups excluding carboxylic acids is 1. The van der Waals surface area contributed by atoms with Crippen LogP contribution in [-0.4, -0.2) is 41.9 Å². The monoisotopic (exact) mass is 482 g/mol. The summed E-state index contributed by atoms with van der Waals surface area (Å²) in [6.45, 7) is 0.223. The smallest absolute Gasteiger partial charge is 0.286 e. The van der Waals surface area contributed by atoms with E-state index in [1.807, 2.05) is 0 Å². The first-order chi connectivity index (χ1) is 15.3. The number of hydrogen-bond donors (Lipinski definition) is 1. The molecule has 1 aromatic heterocycles. The third kappa shape index (κ3) is 4.52. The van der Waals surface area contributed by atoms with Crippen LogP contribution < -0.4 is 5.32 Å². The Hall–Kier alpha value is -2.83. The van der Waals surface area contributed by atoms with Gasteiger partial charge in [-0.3, -0.25) is 4.79 Å². The van der Waals surface area contributed by atoms with Gasteiger partial charge in [-0.25, -0.2) is 21.6 Å². The summed E-state index contributed by atoms with van der Waals surface area (Å²) >= 11 is 1.06. The Bertz CT molecular complexity index is 1260. The second-order valence-corrected chi connectivity index (χ2v) is 10.0. The Balaban J connectivity index is 1.41. The summed E-state index contributed by atoms with van der Waals surface area (Å²) in [5.74, 6) is -3.29. The van der Waals surface area contributed by atoms with Crippen LogP contribution in [0.2, 0.25) is 0 Å². The third-order valence-electron chi connectivity index (χ3n) is 5.07. The van der Waals surface area contributed by atoms with Gasteiger partial charge in [-0.1, -0.05) is 23.5 Å². The van der Waals surface area contributed by atoms with Gasteiger partial charge in [0.25, 0.3) is 5.91 Å². The molecule has 0 radical (unpaired) electrons. The standard InChI is InChI=1S/C20H17F3N4O3S2/c21-13-5-6-17(15(23)11-13)32(29,30)27-9-7-12(8-10-27)19-25-26-20(31-19)18(28)24-16-4-2-1-3-14(16)22/h1-6,11-12H,7-10H2,(H,24,28). The summed E-state index contributed by atoms with van der Waals surface area (Å²) in [4.78, 5) is 11.8. The summed E-state index contributed by atoms with van der Waals surface area (Å²) in [6, 6.07) is 8.09. The zero-order valence-electron chi connectivity index (χ0n) is 16.5. The van der Waals surface area contributed by atoms with Gasteiger partial charge in [0, 0.05) is 25.1 Å². The highest BCUT2D eigenvalue weighted by Gasteiger charge is 2.33. The van der Waals surface area contributed by atoms with Gasteiger partial charge in [-0.05, 0) is 37.1 Å². The first-order valence-electron chi connectivity index (χ1n) is 9.60. The average molecular weight is 483 g/mol. The second kappa shape index (κ2) is 8.96. The molecule has 12 heteroatoms. The predicted octanol–water partition coefficient (Wildman–Crippen LogP) is 3.78. The Morgan fingerprint density at radius 3 is 2.44 bits per heavy atom. The summed E-state index contributed by atoms with van der Waals surface area (Å²) < 4.78 is 67.4. The first-order valence-corrected chi connectivity index (χ1v) is 11.9.